The minimum absolute atomic E-state index is 0.102. The summed E-state index contributed by atoms with van der Waals surface area (Å²) in [7, 11) is -0.675. The average Bonchev–Trinajstić information content (AvgIpc) is 2.69. The fourth-order valence-corrected chi connectivity index (χ4v) is 3.49. The van der Waals surface area contributed by atoms with Crippen molar-refractivity contribution in [2.75, 3.05) is 27.4 Å². The highest BCUT2D eigenvalue weighted by Crippen LogP contribution is 2.25. The van der Waals surface area contributed by atoms with Gasteiger partial charge in [0.1, 0.15) is 16.4 Å². The predicted octanol–water partition coefficient (Wildman–Crippen LogP) is 0.295. The van der Waals surface area contributed by atoms with Crippen LogP contribution >= 0.6 is 0 Å². The van der Waals surface area contributed by atoms with Gasteiger partial charge in [-0.05, 0) is 13.8 Å². The van der Waals surface area contributed by atoms with Crippen LogP contribution in [-0.2, 0) is 26.0 Å². The monoisotopic (exact) mass is 306 g/mol. The molecular weight excluding hydrogens is 284 g/mol. The minimum atomic E-state index is -3.70. The molecule has 20 heavy (non-hydrogen) atoms. The van der Waals surface area contributed by atoms with Crippen molar-refractivity contribution in [1.29, 1.82) is 0 Å². The molecule has 1 aromatic heterocycles. The molecule has 8 heteroatoms. The number of methoxy groups -OCH3 is 2. The third-order valence-electron chi connectivity index (χ3n) is 2.98. The number of rotatable bonds is 8. The smallest absolute Gasteiger partial charge is 0.244 e. The molecule has 1 rings (SSSR count). The van der Waals surface area contributed by atoms with Crippen molar-refractivity contribution in [2.24, 2.45) is 5.73 Å². The van der Waals surface area contributed by atoms with Gasteiger partial charge in [-0.1, -0.05) is 0 Å². The lowest BCUT2D eigenvalue weighted by Gasteiger charge is -2.15. The van der Waals surface area contributed by atoms with Gasteiger partial charge in [-0.2, -0.15) is 0 Å². The van der Waals surface area contributed by atoms with Crippen LogP contribution in [0, 0.1) is 13.8 Å². The molecule has 1 aromatic rings. The Hall–Kier alpha value is -0.930. The van der Waals surface area contributed by atoms with Crippen molar-refractivity contribution in [3.05, 3.63) is 17.1 Å². The van der Waals surface area contributed by atoms with E-state index in [0.29, 0.717) is 23.7 Å². The lowest BCUT2D eigenvalue weighted by molar-refractivity contribution is 0.0320. The molecule has 7 nitrogen and oxygen atoms in total. The highest BCUT2D eigenvalue weighted by molar-refractivity contribution is 7.89. The molecule has 0 bridgehead atoms. The molecule has 0 amide bonds. The highest BCUT2D eigenvalue weighted by Gasteiger charge is 2.26. The van der Waals surface area contributed by atoms with E-state index in [9.17, 15) is 8.42 Å². The summed E-state index contributed by atoms with van der Waals surface area (Å²) in [6.07, 6.45) is -0.357. The number of aryl methyl sites for hydroxylation is 2. The van der Waals surface area contributed by atoms with Gasteiger partial charge in [0.05, 0.1) is 12.7 Å². The van der Waals surface area contributed by atoms with E-state index in [4.69, 9.17) is 19.6 Å². The number of furan rings is 1. The zero-order valence-electron chi connectivity index (χ0n) is 12.2. The van der Waals surface area contributed by atoms with Gasteiger partial charge in [-0.15, -0.1) is 0 Å². The van der Waals surface area contributed by atoms with Crippen molar-refractivity contribution in [3.8, 4) is 0 Å². The Kier molecular flexibility index (Phi) is 6.15. The van der Waals surface area contributed by atoms with Crippen LogP contribution in [0.25, 0.3) is 0 Å². The first kappa shape index (κ1) is 17.1. The molecule has 0 aliphatic rings. The van der Waals surface area contributed by atoms with Gasteiger partial charge in [0.25, 0.3) is 0 Å². The second-order valence-corrected chi connectivity index (χ2v) is 6.09. The van der Waals surface area contributed by atoms with Crippen molar-refractivity contribution >= 4 is 10.0 Å². The van der Waals surface area contributed by atoms with E-state index in [1.54, 1.807) is 13.8 Å². The van der Waals surface area contributed by atoms with E-state index < -0.39 is 10.0 Å². The van der Waals surface area contributed by atoms with Gasteiger partial charge in [0, 0.05) is 32.9 Å². The van der Waals surface area contributed by atoms with E-state index in [-0.39, 0.29) is 24.1 Å². The molecule has 0 aromatic carbocycles. The first-order chi connectivity index (χ1) is 9.37. The molecular formula is C12H22N2O5S. The average molecular weight is 306 g/mol. The second kappa shape index (κ2) is 7.19. The molecule has 0 fully saturated rings. The highest BCUT2D eigenvalue weighted by atomic mass is 32.2. The predicted molar refractivity (Wildman–Crippen MR) is 73.9 cm³/mol. The van der Waals surface area contributed by atoms with Crippen LogP contribution in [0.15, 0.2) is 9.31 Å². The first-order valence-electron chi connectivity index (χ1n) is 6.17. The summed E-state index contributed by atoms with van der Waals surface area (Å²) in [5.74, 6) is 0.849. The van der Waals surface area contributed by atoms with Gasteiger partial charge in [-0.25, -0.2) is 13.1 Å². The van der Waals surface area contributed by atoms with Crippen molar-refractivity contribution in [3.63, 3.8) is 0 Å². The number of sulfonamides is 1. The molecule has 116 valence electrons. The van der Waals surface area contributed by atoms with Crippen LogP contribution in [0.1, 0.15) is 17.1 Å². The number of nitrogens with one attached hydrogen (secondary N) is 1. The summed E-state index contributed by atoms with van der Waals surface area (Å²) in [4.78, 5) is 0.116. The lowest BCUT2D eigenvalue weighted by Crippen LogP contribution is -2.36. The SMILES string of the molecule is COCC(CNS(=O)(=O)c1c(C)oc(C)c1CN)OC. The van der Waals surface area contributed by atoms with Crippen LogP contribution in [0.5, 0.6) is 0 Å². The number of ether oxygens (including phenoxy) is 2. The van der Waals surface area contributed by atoms with Crippen LogP contribution in [0.3, 0.4) is 0 Å². The molecule has 0 radical (unpaired) electrons. The van der Waals surface area contributed by atoms with E-state index in [1.807, 2.05) is 0 Å². The Morgan fingerprint density at radius 2 is 1.95 bits per heavy atom. The Morgan fingerprint density at radius 1 is 1.30 bits per heavy atom. The Morgan fingerprint density at radius 3 is 2.45 bits per heavy atom. The lowest BCUT2D eigenvalue weighted by atomic mass is 10.2. The first-order valence-corrected chi connectivity index (χ1v) is 7.66. The van der Waals surface area contributed by atoms with Crippen LogP contribution < -0.4 is 10.5 Å². The Balaban J connectivity index is 2.94. The van der Waals surface area contributed by atoms with Crippen molar-refractivity contribution < 1.29 is 22.3 Å². The molecule has 0 aliphatic heterocycles. The zero-order valence-corrected chi connectivity index (χ0v) is 13.0. The zero-order chi connectivity index (χ0) is 15.3. The van der Waals surface area contributed by atoms with Gasteiger partial charge >= 0.3 is 0 Å². The summed E-state index contributed by atoms with van der Waals surface area (Å²) in [6.45, 7) is 3.80. The molecule has 0 saturated heterocycles. The maximum atomic E-state index is 12.3. The summed E-state index contributed by atoms with van der Waals surface area (Å²) in [5, 5.41) is 0. The number of hydrogen-bond donors (Lipinski definition) is 2. The van der Waals surface area contributed by atoms with Gasteiger partial charge < -0.3 is 19.6 Å². The fourth-order valence-electron chi connectivity index (χ4n) is 1.97. The van der Waals surface area contributed by atoms with Gasteiger partial charge in [0.15, 0.2) is 0 Å². The molecule has 0 aliphatic carbocycles. The van der Waals surface area contributed by atoms with E-state index in [2.05, 4.69) is 4.72 Å². The summed E-state index contributed by atoms with van der Waals surface area (Å²) in [5.41, 5.74) is 6.09. The fraction of sp³-hybridized carbons (Fsp3) is 0.667. The third kappa shape index (κ3) is 3.80. The number of nitrogens with two attached hydrogens (primary N) is 1. The van der Waals surface area contributed by atoms with Crippen molar-refractivity contribution in [1.82, 2.24) is 4.72 Å². The molecule has 1 heterocycles. The van der Waals surface area contributed by atoms with Gasteiger partial charge in [0.2, 0.25) is 10.0 Å². The summed E-state index contributed by atoms with van der Waals surface area (Å²) < 4.78 is 42.6. The summed E-state index contributed by atoms with van der Waals surface area (Å²) >= 11 is 0. The molecule has 1 atom stereocenters. The maximum absolute atomic E-state index is 12.3. The van der Waals surface area contributed by atoms with E-state index >= 15 is 0 Å². The quantitative estimate of drug-likeness (QED) is 0.715. The van der Waals surface area contributed by atoms with E-state index in [1.165, 1.54) is 14.2 Å². The molecule has 0 saturated carbocycles. The third-order valence-corrected chi connectivity index (χ3v) is 4.60. The van der Waals surface area contributed by atoms with Crippen LogP contribution in [0.4, 0.5) is 0 Å². The number of hydrogen-bond acceptors (Lipinski definition) is 6. The Bertz CT molecular complexity index is 538. The topological polar surface area (TPSA) is 104 Å². The molecule has 0 spiro atoms. The van der Waals surface area contributed by atoms with Gasteiger partial charge in [-0.3, -0.25) is 0 Å². The van der Waals surface area contributed by atoms with E-state index in [0.717, 1.165) is 0 Å². The molecule has 1 unspecified atom stereocenters. The molecule has 3 N–H and O–H groups in total. The maximum Gasteiger partial charge on any atom is 0.244 e. The van der Waals surface area contributed by atoms with Crippen LogP contribution in [0.2, 0.25) is 0 Å². The second-order valence-electron chi connectivity index (χ2n) is 4.39. The van der Waals surface area contributed by atoms with Crippen molar-refractivity contribution in [2.45, 2.75) is 31.4 Å². The summed E-state index contributed by atoms with van der Waals surface area (Å²) in [6, 6.07) is 0. The minimum Gasteiger partial charge on any atom is -0.465 e. The normalized spacial score (nSPS) is 13.7. The standard InChI is InChI=1S/C12H22N2O5S/c1-8-11(5-13)12(9(2)19-8)20(15,16)14-6-10(18-4)7-17-3/h10,14H,5-7,13H2,1-4H3. The largest absolute Gasteiger partial charge is 0.465 e. The van der Waals surface area contributed by atoms with Crippen LogP contribution in [-0.4, -0.2) is 41.9 Å². The Labute approximate surface area is 119 Å².